The molecule has 0 aromatic rings. The third-order valence-electron chi connectivity index (χ3n) is 3.58. The van der Waals surface area contributed by atoms with Crippen LogP contribution < -0.4 is 10.6 Å². The zero-order valence-corrected chi connectivity index (χ0v) is 9.46. The molecule has 86 valence electrons. The Morgan fingerprint density at radius 3 is 2.80 bits per heavy atom. The summed E-state index contributed by atoms with van der Waals surface area (Å²) in [5, 5.41) is 6.28. The van der Waals surface area contributed by atoms with E-state index in [4.69, 9.17) is 0 Å². The maximum Gasteiger partial charge on any atom is 0.237 e. The summed E-state index contributed by atoms with van der Waals surface area (Å²) in [6.07, 6.45) is 2.51. The van der Waals surface area contributed by atoms with Gasteiger partial charge in [-0.1, -0.05) is 0 Å². The molecule has 2 fully saturated rings. The Hall–Kier alpha value is -0.610. The number of nitrogens with one attached hydrogen (secondary N) is 2. The molecule has 0 aromatic heterocycles. The molecule has 4 heteroatoms. The predicted molar refractivity (Wildman–Crippen MR) is 59.6 cm³/mol. The number of hydrogen-bond acceptors (Lipinski definition) is 3. The van der Waals surface area contributed by atoms with Crippen molar-refractivity contribution in [2.45, 2.75) is 25.8 Å². The highest BCUT2D eigenvalue weighted by Crippen LogP contribution is 2.15. The summed E-state index contributed by atoms with van der Waals surface area (Å²) in [4.78, 5) is 13.8. The van der Waals surface area contributed by atoms with E-state index >= 15 is 0 Å². The molecule has 2 saturated heterocycles. The normalized spacial score (nSPS) is 30.2. The maximum absolute atomic E-state index is 11.5. The fraction of sp³-hybridized carbons (Fsp3) is 0.909. The summed E-state index contributed by atoms with van der Waals surface area (Å²) in [7, 11) is 0. The van der Waals surface area contributed by atoms with Gasteiger partial charge in [0.2, 0.25) is 5.91 Å². The van der Waals surface area contributed by atoms with Gasteiger partial charge in [-0.2, -0.15) is 0 Å². The van der Waals surface area contributed by atoms with Gasteiger partial charge in [0.1, 0.15) is 0 Å². The summed E-state index contributed by atoms with van der Waals surface area (Å²) in [6, 6.07) is 0.0636. The number of hydrogen-bond donors (Lipinski definition) is 2. The number of carbonyl (C=O) groups excluding carboxylic acids is 1. The fourth-order valence-electron chi connectivity index (χ4n) is 2.48. The molecule has 1 unspecified atom stereocenters. The molecule has 2 heterocycles. The van der Waals surface area contributed by atoms with Crippen molar-refractivity contribution in [3.05, 3.63) is 0 Å². The van der Waals surface area contributed by atoms with Gasteiger partial charge >= 0.3 is 0 Å². The van der Waals surface area contributed by atoms with Gasteiger partial charge in [0.05, 0.1) is 6.04 Å². The minimum Gasteiger partial charge on any atom is -0.353 e. The average molecular weight is 211 g/mol. The molecule has 1 atom stereocenters. The van der Waals surface area contributed by atoms with Gasteiger partial charge in [-0.05, 0) is 38.8 Å². The molecule has 15 heavy (non-hydrogen) atoms. The van der Waals surface area contributed by atoms with Crippen LogP contribution in [-0.2, 0) is 4.79 Å². The number of rotatable bonds is 2. The summed E-state index contributed by atoms with van der Waals surface area (Å²) in [6.45, 7) is 7.20. The molecule has 0 saturated carbocycles. The summed E-state index contributed by atoms with van der Waals surface area (Å²) < 4.78 is 0. The second kappa shape index (κ2) is 4.94. The number of piperidine rings is 1. The minimum atomic E-state index is 0.0636. The van der Waals surface area contributed by atoms with E-state index in [9.17, 15) is 4.79 Å². The molecule has 1 amide bonds. The lowest BCUT2D eigenvalue weighted by Gasteiger charge is -2.36. The van der Waals surface area contributed by atoms with E-state index in [1.807, 2.05) is 6.92 Å². The van der Waals surface area contributed by atoms with Crippen molar-refractivity contribution < 1.29 is 4.79 Å². The minimum absolute atomic E-state index is 0.0636. The molecule has 2 aliphatic heterocycles. The molecule has 4 nitrogen and oxygen atoms in total. The number of piperazine rings is 1. The highest BCUT2D eigenvalue weighted by Gasteiger charge is 2.27. The van der Waals surface area contributed by atoms with Crippen LogP contribution in [0.1, 0.15) is 19.8 Å². The average Bonchev–Trinajstić information content (AvgIpc) is 2.26. The van der Waals surface area contributed by atoms with E-state index in [2.05, 4.69) is 15.5 Å². The van der Waals surface area contributed by atoms with Gasteiger partial charge in [0.15, 0.2) is 0 Å². The van der Waals surface area contributed by atoms with Crippen LogP contribution in [-0.4, -0.2) is 49.6 Å². The molecule has 0 bridgehead atoms. The van der Waals surface area contributed by atoms with Gasteiger partial charge in [0, 0.05) is 19.6 Å². The lowest BCUT2D eigenvalue weighted by molar-refractivity contribution is -0.128. The summed E-state index contributed by atoms with van der Waals surface area (Å²) >= 11 is 0. The van der Waals surface area contributed by atoms with Gasteiger partial charge in [0.25, 0.3) is 0 Å². The molecule has 0 aliphatic carbocycles. The zero-order chi connectivity index (χ0) is 10.7. The Morgan fingerprint density at radius 1 is 1.33 bits per heavy atom. The highest BCUT2D eigenvalue weighted by atomic mass is 16.2. The van der Waals surface area contributed by atoms with Crippen LogP contribution in [0.4, 0.5) is 0 Å². The second-order valence-corrected chi connectivity index (χ2v) is 4.66. The Labute approximate surface area is 91.4 Å². The third kappa shape index (κ3) is 2.69. The first-order valence-electron chi connectivity index (χ1n) is 6.00. The summed E-state index contributed by atoms with van der Waals surface area (Å²) in [5.74, 6) is 0.967. The molecular formula is C11H21N3O. The first-order valence-corrected chi connectivity index (χ1v) is 6.00. The molecule has 0 aromatic carbocycles. The predicted octanol–water partition coefficient (Wildman–Crippen LogP) is -0.194. The highest BCUT2D eigenvalue weighted by molar-refractivity contribution is 5.81. The van der Waals surface area contributed by atoms with Crippen molar-refractivity contribution in [1.82, 2.24) is 15.5 Å². The van der Waals surface area contributed by atoms with Crippen LogP contribution in [0.5, 0.6) is 0 Å². The third-order valence-corrected chi connectivity index (χ3v) is 3.58. The largest absolute Gasteiger partial charge is 0.353 e. The van der Waals surface area contributed by atoms with Gasteiger partial charge < -0.3 is 10.6 Å². The molecule has 0 spiro atoms. The lowest BCUT2D eigenvalue weighted by atomic mass is 9.96. The van der Waals surface area contributed by atoms with Crippen LogP contribution in [0.25, 0.3) is 0 Å². The SMILES string of the molecule is CC1C(=O)NCCN1CC1CCNCC1. The van der Waals surface area contributed by atoms with Crippen molar-refractivity contribution in [3.63, 3.8) is 0 Å². The van der Waals surface area contributed by atoms with E-state index < -0.39 is 0 Å². The molecule has 2 rings (SSSR count). The van der Waals surface area contributed by atoms with Crippen molar-refractivity contribution in [3.8, 4) is 0 Å². The van der Waals surface area contributed by atoms with Gasteiger partial charge in [-0.15, -0.1) is 0 Å². The maximum atomic E-state index is 11.5. The zero-order valence-electron chi connectivity index (χ0n) is 9.46. The molecular weight excluding hydrogens is 190 g/mol. The summed E-state index contributed by atoms with van der Waals surface area (Å²) in [5.41, 5.74) is 0. The fourth-order valence-corrected chi connectivity index (χ4v) is 2.48. The van der Waals surface area contributed by atoms with Crippen LogP contribution in [0.2, 0.25) is 0 Å². The molecule has 2 N–H and O–H groups in total. The van der Waals surface area contributed by atoms with Crippen molar-refractivity contribution in [2.75, 3.05) is 32.7 Å². The smallest absolute Gasteiger partial charge is 0.237 e. The van der Waals surface area contributed by atoms with Crippen LogP contribution in [0, 0.1) is 5.92 Å². The Balaban J connectivity index is 1.84. The van der Waals surface area contributed by atoms with E-state index in [-0.39, 0.29) is 11.9 Å². The van der Waals surface area contributed by atoms with Crippen LogP contribution in [0.15, 0.2) is 0 Å². The van der Waals surface area contributed by atoms with E-state index in [0.717, 1.165) is 38.6 Å². The first kappa shape index (κ1) is 10.9. The Kier molecular flexibility index (Phi) is 3.59. The quantitative estimate of drug-likeness (QED) is 0.665. The number of carbonyl (C=O) groups is 1. The van der Waals surface area contributed by atoms with Gasteiger partial charge in [-0.25, -0.2) is 0 Å². The van der Waals surface area contributed by atoms with Gasteiger partial charge in [-0.3, -0.25) is 9.69 Å². The Morgan fingerprint density at radius 2 is 2.07 bits per heavy atom. The second-order valence-electron chi connectivity index (χ2n) is 4.66. The Bertz CT molecular complexity index is 226. The monoisotopic (exact) mass is 211 g/mol. The standard InChI is InChI=1S/C11H21N3O/c1-9-11(15)13-6-7-14(9)8-10-2-4-12-5-3-10/h9-10,12H,2-8H2,1H3,(H,13,15). The van der Waals surface area contributed by atoms with Crippen molar-refractivity contribution >= 4 is 5.91 Å². The molecule has 2 aliphatic rings. The van der Waals surface area contributed by atoms with Crippen LogP contribution >= 0.6 is 0 Å². The lowest BCUT2D eigenvalue weighted by Crippen LogP contribution is -2.55. The van der Waals surface area contributed by atoms with E-state index in [0.29, 0.717) is 0 Å². The van der Waals surface area contributed by atoms with Crippen molar-refractivity contribution in [1.29, 1.82) is 0 Å². The number of amides is 1. The molecule has 0 radical (unpaired) electrons. The van der Waals surface area contributed by atoms with Crippen molar-refractivity contribution in [2.24, 2.45) is 5.92 Å². The first-order chi connectivity index (χ1) is 7.27. The van der Waals surface area contributed by atoms with E-state index in [1.165, 1.54) is 12.8 Å². The van der Waals surface area contributed by atoms with Crippen LogP contribution in [0.3, 0.4) is 0 Å². The number of nitrogens with zero attached hydrogens (tertiary/aromatic N) is 1. The van der Waals surface area contributed by atoms with E-state index in [1.54, 1.807) is 0 Å². The topological polar surface area (TPSA) is 44.4 Å².